The van der Waals surface area contributed by atoms with Crippen LogP contribution >= 0.6 is 46.4 Å². The molecule has 0 bridgehead atoms. The van der Waals surface area contributed by atoms with Crippen molar-refractivity contribution in [2.45, 2.75) is 79.6 Å². The lowest BCUT2D eigenvalue weighted by Crippen LogP contribution is -2.16. The van der Waals surface area contributed by atoms with Gasteiger partial charge in [-0.3, -0.25) is 39.1 Å². The highest BCUT2D eigenvalue weighted by Crippen LogP contribution is 2.38. The van der Waals surface area contributed by atoms with Crippen molar-refractivity contribution in [1.29, 1.82) is 0 Å². The highest BCUT2D eigenvalue weighted by molar-refractivity contribution is 6.35. The van der Waals surface area contributed by atoms with Crippen molar-refractivity contribution >= 4 is 92.8 Å². The molecule has 12 aromatic rings. The molecular weight excluding hydrogens is 1640 g/mol. The maximum absolute atomic E-state index is 13.1. The quantitative estimate of drug-likeness (QED) is 0.0621. The third-order valence-corrected chi connectivity index (χ3v) is 17.9. The highest BCUT2D eigenvalue weighted by atomic mass is 35.5. The molecule has 0 fully saturated rings. The highest BCUT2D eigenvalue weighted by Gasteiger charge is 2.36. The lowest BCUT2D eigenvalue weighted by molar-refractivity contribution is -0.142. The second-order valence-corrected chi connectivity index (χ2v) is 26.4. The number of amides is 4. The van der Waals surface area contributed by atoms with Crippen LogP contribution in [0.2, 0.25) is 20.1 Å². The van der Waals surface area contributed by atoms with Gasteiger partial charge in [0.2, 0.25) is 0 Å². The van der Waals surface area contributed by atoms with Crippen LogP contribution in [0.3, 0.4) is 0 Å². The lowest BCUT2D eigenvalue weighted by Gasteiger charge is -2.12. The topological polar surface area (TPSA) is 238 Å². The Hall–Kier alpha value is -12.2. The van der Waals surface area contributed by atoms with Crippen LogP contribution in [-0.2, 0) is 31.1 Å². The van der Waals surface area contributed by atoms with Gasteiger partial charge in [0.25, 0.3) is 23.6 Å². The number of benzene rings is 4. The van der Waals surface area contributed by atoms with Crippen molar-refractivity contribution in [3.05, 3.63) is 294 Å². The summed E-state index contributed by atoms with van der Waals surface area (Å²) in [6, 6.07) is 40.1. The molecule has 8 aromatic heterocycles. The van der Waals surface area contributed by atoms with Crippen LogP contribution < -0.4 is 30.7 Å². The van der Waals surface area contributed by atoms with Gasteiger partial charge >= 0.3 is 24.7 Å². The molecule has 0 aliphatic heterocycles. The molecule has 8 heterocycles. The molecule has 18 nitrogen and oxygen atoms in total. The zero-order valence-corrected chi connectivity index (χ0v) is 65.1. The van der Waals surface area contributed by atoms with Gasteiger partial charge in [-0.1, -0.05) is 53.3 Å². The number of carbonyl (C=O) groups is 4. The van der Waals surface area contributed by atoms with Crippen LogP contribution in [-0.4, -0.2) is 76.7 Å². The molecule has 12 rings (SSSR count). The fourth-order valence-electron chi connectivity index (χ4n) is 10.8. The van der Waals surface area contributed by atoms with Crippen molar-refractivity contribution in [1.82, 2.24) is 39.9 Å². The minimum absolute atomic E-state index is 0.00408. The Morgan fingerprint density at radius 3 is 0.863 bits per heavy atom. The van der Waals surface area contributed by atoms with Crippen LogP contribution in [0.25, 0.3) is 45.0 Å². The van der Waals surface area contributed by atoms with Crippen LogP contribution in [0.4, 0.5) is 79.8 Å². The fourth-order valence-corrected chi connectivity index (χ4v) is 11.6. The maximum atomic E-state index is 13.1. The molecule has 0 saturated carbocycles. The molecule has 0 spiro atoms. The average Bonchev–Trinajstić information content (AvgIpc) is 0.821. The normalized spacial score (nSPS) is 11.3. The van der Waals surface area contributed by atoms with Crippen molar-refractivity contribution in [2.24, 2.45) is 0 Å². The summed E-state index contributed by atoms with van der Waals surface area (Å²) in [5.41, 5.74) is 3.00. The molecule has 117 heavy (non-hydrogen) atoms. The van der Waals surface area contributed by atoms with E-state index < -0.39 is 76.9 Å². The first-order valence-corrected chi connectivity index (χ1v) is 36.1. The molecule has 0 saturated heterocycles. The summed E-state index contributed by atoms with van der Waals surface area (Å²) in [4.78, 5) is 80.9. The van der Waals surface area contributed by atoms with Gasteiger partial charge in [-0.2, -0.15) is 52.7 Å². The van der Waals surface area contributed by atoms with E-state index in [0.717, 1.165) is 66.7 Å². The number of alkyl halides is 12. The number of hydrogen-bond donors (Lipinski definition) is 4. The summed E-state index contributed by atoms with van der Waals surface area (Å²) in [6.45, 7) is 12.2. The molecular formula is C82H63Cl4F13N12O6. The largest absolute Gasteiger partial charge is 0.492 e. The smallest absolute Gasteiger partial charge is 0.433 e. The Morgan fingerprint density at radius 2 is 0.624 bits per heavy atom. The Morgan fingerprint density at radius 1 is 0.342 bits per heavy atom. The average molecular weight is 1700 g/mol. The Balaban J connectivity index is 0.000000178. The van der Waals surface area contributed by atoms with Gasteiger partial charge in [0.1, 0.15) is 40.1 Å². The van der Waals surface area contributed by atoms with Gasteiger partial charge in [-0.15, -0.1) is 0 Å². The summed E-state index contributed by atoms with van der Waals surface area (Å²) in [7, 11) is 0. The zero-order chi connectivity index (χ0) is 85.4. The predicted molar refractivity (Wildman–Crippen MR) is 418 cm³/mol. The predicted octanol–water partition coefficient (Wildman–Crippen LogP) is 23.0. The lowest BCUT2D eigenvalue weighted by atomic mass is 10.1. The number of hydrogen-bond acceptors (Lipinski definition) is 14. The second kappa shape index (κ2) is 38.5. The van der Waals surface area contributed by atoms with E-state index in [9.17, 15) is 76.3 Å². The van der Waals surface area contributed by atoms with Gasteiger partial charge < -0.3 is 30.7 Å². The first-order valence-electron chi connectivity index (χ1n) is 34.6. The van der Waals surface area contributed by atoms with Crippen molar-refractivity contribution < 1.29 is 85.7 Å². The molecule has 35 heteroatoms. The van der Waals surface area contributed by atoms with Crippen LogP contribution in [0, 0.1) is 33.5 Å². The SMILES string of the molecule is CCOc1ccc(-c2cc(NC(=O)c3ccc(C(F)(F)F)nc3C)ccc2Cl)nc1.CCOc1ccc(-c2cc(NC(=O)c3ccc(C(F)(F)F)nc3C)ccc2Cl)nc1.CCc1ccnc(-c2cc(NC(=O)c3ccc(C(F)(F)F)nc3C)ccc2Cl)c1.Cc1nc(C(F)(F)F)ccc1C(=O)Nc1ccc(Cl)c(-c2ccc(F)cn2)c1. The van der Waals surface area contributed by atoms with E-state index in [1.807, 2.05) is 32.9 Å². The van der Waals surface area contributed by atoms with E-state index in [4.69, 9.17) is 55.9 Å². The van der Waals surface area contributed by atoms with E-state index >= 15 is 0 Å². The number of anilines is 4. The maximum Gasteiger partial charge on any atom is 0.433 e. The second-order valence-electron chi connectivity index (χ2n) is 24.8. The number of pyridine rings is 8. The molecule has 0 aliphatic rings. The van der Waals surface area contributed by atoms with E-state index in [0.29, 0.717) is 113 Å². The molecule has 4 aromatic carbocycles. The standard InChI is InChI=1S/2C21H17ClF3N3O2.C21H17ClF3N3O.C19H12ClF4N3O/c2*1-3-30-14-5-8-18(26-11-14)16-10-13(4-7-17(16)22)28-20(29)15-6-9-19(21(23,24)25)27-12(15)2;1-3-13-8-9-26-18(10-13)16-11-14(4-6-17(16)22)28-20(29)15-5-7-19(21(23,24)25)27-12(15)2;1-10-13(4-7-17(26-10)19(22,23)24)18(28)27-12-3-5-15(20)14(8-12)16-6-2-11(21)9-25-16/h2*4-11H,3H2,1-2H3,(H,28,29);4-11H,3H2,1-2H3,(H,28,29);2-9H,1H3,(H,27,28). The number of halogens is 17. The minimum atomic E-state index is -4.59. The van der Waals surface area contributed by atoms with E-state index in [1.165, 1.54) is 58.0 Å². The summed E-state index contributed by atoms with van der Waals surface area (Å²) in [6.07, 6.45) is -11.6. The molecule has 606 valence electrons. The van der Waals surface area contributed by atoms with E-state index in [1.54, 1.807) is 97.5 Å². The van der Waals surface area contributed by atoms with Crippen LogP contribution in [0.5, 0.6) is 11.5 Å². The number of aryl methyl sites for hydroxylation is 5. The van der Waals surface area contributed by atoms with Gasteiger partial charge in [-0.05, 0) is 223 Å². The van der Waals surface area contributed by atoms with Gasteiger partial charge in [0.05, 0.1) is 120 Å². The number of aromatic nitrogens is 8. The summed E-state index contributed by atoms with van der Waals surface area (Å²) >= 11 is 25.0. The molecule has 0 atom stereocenters. The van der Waals surface area contributed by atoms with E-state index in [2.05, 4.69) is 61.1 Å². The van der Waals surface area contributed by atoms with E-state index in [-0.39, 0.29) is 45.0 Å². The third kappa shape index (κ3) is 24.0. The van der Waals surface area contributed by atoms with Crippen molar-refractivity contribution in [2.75, 3.05) is 34.5 Å². The number of nitrogens with zero attached hydrogens (tertiary/aromatic N) is 8. The van der Waals surface area contributed by atoms with Gasteiger partial charge in [-0.25, -0.2) is 24.3 Å². The molecule has 4 amide bonds. The number of carbonyl (C=O) groups excluding carboxylic acids is 4. The monoisotopic (exact) mass is 1700 g/mol. The third-order valence-electron chi connectivity index (χ3n) is 16.5. The molecule has 4 N–H and O–H groups in total. The van der Waals surface area contributed by atoms with Crippen molar-refractivity contribution in [3.8, 4) is 56.5 Å². The summed E-state index contributed by atoms with van der Waals surface area (Å²) < 4.78 is 177. The Labute approximate surface area is 679 Å². The Kier molecular flexibility index (Phi) is 29.2. The summed E-state index contributed by atoms with van der Waals surface area (Å²) in [5.74, 6) is -1.62. The molecule has 0 radical (unpaired) electrons. The first kappa shape index (κ1) is 88.8. The Bertz CT molecular complexity index is 5440. The number of nitrogens with one attached hydrogen (secondary N) is 4. The van der Waals surface area contributed by atoms with Crippen molar-refractivity contribution in [3.63, 3.8) is 0 Å². The van der Waals surface area contributed by atoms with Crippen LogP contribution in [0.15, 0.2) is 195 Å². The minimum Gasteiger partial charge on any atom is -0.492 e. The van der Waals surface area contributed by atoms with Crippen LogP contribution in [0.1, 0.15) is 113 Å². The zero-order valence-electron chi connectivity index (χ0n) is 62.0. The molecule has 0 aliphatic carbocycles. The molecule has 0 unspecified atom stereocenters. The van der Waals surface area contributed by atoms with Gasteiger partial charge in [0, 0.05) is 51.2 Å². The summed E-state index contributed by atoms with van der Waals surface area (Å²) in [5, 5.41) is 12.2. The van der Waals surface area contributed by atoms with Gasteiger partial charge in [0.15, 0.2) is 0 Å². The number of rotatable bonds is 17. The fraction of sp³-hybridized carbons (Fsp3) is 0.171. The first-order chi connectivity index (χ1) is 55.2. The number of ether oxygens (including phenoxy) is 2.